The second-order valence-electron chi connectivity index (χ2n) is 6.71. The fraction of sp³-hybridized carbons (Fsp3) is 0.182. The van der Waals surface area contributed by atoms with E-state index in [2.05, 4.69) is 4.72 Å². The summed E-state index contributed by atoms with van der Waals surface area (Å²) in [6.07, 6.45) is 0.428. The molecule has 8 heteroatoms. The maximum Gasteiger partial charge on any atom is 0.338 e. The summed E-state index contributed by atoms with van der Waals surface area (Å²) in [4.78, 5) is 24.8. The molecule has 0 amide bonds. The number of rotatable bonds is 8. The molecule has 1 aromatic heterocycles. The third-order valence-corrected chi connectivity index (χ3v) is 5.78. The van der Waals surface area contributed by atoms with Crippen molar-refractivity contribution in [2.45, 2.75) is 31.4 Å². The number of furan rings is 1. The molecule has 0 aliphatic heterocycles. The summed E-state index contributed by atoms with van der Waals surface area (Å²) in [5, 5.41) is 0. The maximum absolute atomic E-state index is 12.5. The van der Waals surface area contributed by atoms with Crippen molar-refractivity contribution in [3.8, 4) is 0 Å². The smallest absolute Gasteiger partial charge is 0.338 e. The molecular weight excluding hydrogens is 406 g/mol. The molecule has 0 saturated heterocycles. The largest absolute Gasteiger partial charge is 0.468 e. The number of carbonyl (C=O) groups excluding carboxylic acids is 2. The molecule has 0 saturated carbocycles. The van der Waals surface area contributed by atoms with E-state index in [0.29, 0.717) is 11.3 Å². The molecule has 1 unspecified atom stereocenters. The van der Waals surface area contributed by atoms with Crippen LogP contribution in [0.15, 0.2) is 76.2 Å². The molecular formula is C22H21NO6S. The van der Waals surface area contributed by atoms with Crippen molar-refractivity contribution in [1.29, 1.82) is 0 Å². The molecule has 0 aliphatic rings. The van der Waals surface area contributed by atoms with E-state index in [1.165, 1.54) is 37.5 Å². The van der Waals surface area contributed by atoms with Crippen LogP contribution in [0.5, 0.6) is 0 Å². The van der Waals surface area contributed by atoms with Crippen molar-refractivity contribution >= 4 is 21.8 Å². The van der Waals surface area contributed by atoms with Crippen LogP contribution in [0, 0.1) is 6.92 Å². The number of benzene rings is 2. The van der Waals surface area contributed by atoms with Crippen LogP contribution >= 0.6 is 0 Å². The Morgan fingerprint density at radius 2 is 1.77 bits per heavy atom. The molecule has 0 aliphatic carbocycles. The van der Waals surface area contributed by atoms with E-state index in [0.717, 1.165) is 5.56 Å². The summed E-state index contributed by atoms with van der Waals surface area (Å²) in [5.41, 5.74) is 1.47. The Hall–Kier alpha value is -3.23. The number of ketones is 1. The van der Waals surface area contributed by atoms with E-state index < -0.39 is 22.1 Å². The number of Topliss-reactive ketones (excluding diaryl/α,β-unsaturated/α-hetero) is 1. The van der Waals surface area contributed by atoms with Crippen LogP contribution in [-0.2, 0) is 21.3 Å². The molecule has 7 nitrogen and oxygen atoms in total. The number of aryl methyl sites for hydroxylation is 1. The van der Waals surface area contributed by atoms with Gasteiger partial charge in [0.15, 0.2) is 6.10 Å². The van der Waals surface area contributed by atoms with Crippen LogP contribution < -0.4 is 4.72 Å². The lowest BCUT2D eigenvalue weighted by Crippen LogP contribution is -2.25. The quantitative estimate of drug-likeness (QED) is 0.436. The van der Waals surface area contributed by atoms with E-state index in [1.54, 1.807) is 36.4 Å². The van der Waals surface area contributed by atoms with Crippen molar-refractivity contribution in [1.82, 2.24) is 4.72 Å². The lowest BCUT2D eigenvalue weighted by atomic mass is 10.1. The third kappa shape index (κ3) is 5.22. The normalized spacial score (nSPS) is 12.3. The van der Waals surface area contributed by atoms with Crippen LogP contribution in [0.3, 0.4) is 0 Å². The maximum atomic E-state index is 12.5. The Morgan fingerprint density at radius 3 is 2.43 bits per heavy atom. The summed E-state index contributed by atoms with van der Waals surface area (Å²) < 4.78 is 37.7. The predicted octanol–water partition coefficient (Wildman–Crippen LogP) is 3.49. The number of carbonyl (C=O) groups is 2. The van der Waals surface area contributed by atoms with Gasteiger partial charge in [-0.1, -0.05) is 35.9 Å². The van der Waals surface area contributed by atoms with Gasteiger partial charge < -0.3 is 9.15 Å². The minimum atomic E-state index is -3.87. The number of sulfonamides is 1. The topological polar surface area (TPSA) is 103 Å². The molecule has 0 spiro atoms. The van der Waals surface area contributed by atoms with Gasteiger partial charge in [0.05, 0.1) is 23.3 Å². The van der Waals surface area contributed by atoms with Gasteiger partial charge in [-0.2, -0.15) is 0 Å². The van der Waals surface area contributed by atoms with Gasteiger partial charge in [0.25, 0.3) is 0 Å². The molecule has 1 heterocycles. The molecule has 156 valence electrons. The minimum Gasteiger partial charge on any atom is -0.468 e. The summed E-state index contributed by atoms with van der Waals surface area (Å²) in [6, 6.07) is 15.7. The highest BCUT2D eigenvalue weighted by molar-refractivity contribution is 7.89. The molecule has 1 atom stereocenters. The first kappa shape index (κ1) is 21.5. The van der Waals surface area contributed by atoms with E-state index in [4.69, 9.17) is 9.15 Å². The lowest BCUT2D eigenvalue weighted by molar-refractivity contribution is 0.0318. The summed E-state index contributed by atoms with van der Waals surface area (Å²) >= 11 is 0. The van der Waals surface area contributed by atoms with Gasteiger partial charge in [0.1, 0.15) is 5.76 Å². The fourth-order valence-electron chi connectivity index (χ4n) is 2.69. The van der Waals surface area contributed by atoms with E-state index in [9.17, 15) is 18.0 Å². The zero-order valence-corrected chi connectivity index (χ0v) is 17.3. The first-order valence-corrected chi connectivity index (χ1v) is 10.7. The standard InChI is InChI=1S/C22H21NO6S/c1-15-8-10-17(11-9-15)21(24)16(2)29-22(25)18-5-3-7-20(13-18)30(26,27)23-14-19-6-4-12-28-19/h3-13,16,23H,14H2,1-2H3. The van der Waals surface area contributed by atoms with Crippen LogP contribution in [0.1, 0.15) is 39.0 Å². The first-order valence-electron chi connectivity index (χ1n) is 9.20. The molecule has 0 bridgehead atoms. The second kappa shape index (κ2) is 9.06. The Kier molecular flexibility index (Phi) is 6.49. The molecule has 30 heavy (non-hydrogen) atoms. The number of hydrogen-bond acceptors (Lipinski definition) is 6. The number of hydrogen-bond donors (Lipinski definition) is 1. The van der Waals surface area contributed by atoms with Crippen LogP contribution in [0.4, 0.5) is 0 Å². The molecule has 1 N–H and O–H groups in total. The lowest BCUT2D eigenvalue weighted by Gasteiger charge is -2.13. The Bertz CT molecular complexity index is 1130. The van der Waals surface area contributed by atoms with E-state index >= 15 is 0 Å². The average Bonchev–Trinajstić information content (AvgIpc) is 3.26. The van der Waals surface area contributed by atoms with Gasteiger partial charge in [-0.05, 0) is 44.2 Å². The highest BCUT2D eigenvalue weighted by atomic mass is 32.2. The fourth-order valence-corrected chi connectivity index (χ4v) is 3.73. The molecule has 3 aromatic rings. The Balaban J connectivity index is 1.69. The summed E-state index contributed by atoms with van der Waals surface area (Å²) in [5.74, 6) is -0.670. The molecule has 2 aromatic carbocycles. The number of esters is 1. The first-order chi connectivity index (χ1) is 14.3. The van der Waals surface area contributed by atoms with Gasteiger partial charge in [-0.3, -0.25) is 4.79 Å². The van der Waals surface area contributed by atoms with E-state index in [-0.39, 0.29) is 22.8 Å². The van der Waals surface area contributed by atoms with Gasteiger partial charge in [-0.25, -0.2) is 17.9 Å². The van der Waals surface area contributed by atoms with Gasteiger partial charge in [0, 0.05) is 5.56 Å². The second-order valence-corrected chi connectivity index (χ2v) is 8.48. The molecule has 0 fully saturated rings. The monoisotopic (exact) mass is 427 g/mol. The summed E-state index contributed by atoms with van der Waals surface area (Å²) in [6.45, 7) is 3.36. The van der Waals surface area contributed by atoms with E-state index in [1.807, 2.05) is 6.92 Å². The van der Waals surface area contributed by atoms with Gasteiger partial charge in [-0.15, -0.1) is 0 Å². The zero-order chi connectivity index (χ0) is 21.7. The SMILES string of the molecule is Cc1ccc(C(=O)C(C)OC(=O)c2cccc(S(=O)(=O)NCc3ccco3)c2)cc1. The van der Waals surface area contributed by atoms with Crippen molar-refractivity contribution in [2.24, 2.45) is 0 Å². The molecule has 0 radical (unpaired) electrons. The number of nitrogens with one attached hydrogen (secondary N) is 1. The molecule has 3 rings (SSSR count). The van der Waals surface area contributed by atoms with Crippen LogP contribution in [0.2, 0.25) is 0 Å². The highest BCUT2D eigenvalue weighted by Gasteiger charge is 2.22. The van der Waals surface area contributed by atoms with Gasteiger partial charge in [0.2, 0.25) is 15.8 Å². The highest BCUT2D eigenvalue weighted by Crippen LogP contribution is 2.15. The van der Waals surface area contributed by atoms with Crippen molar-refractivity contribution < 1.29 is 27.2 Å². The third-order valence-electron chi connectivity index (χ3n) is 4.39. The summed E-state index contributed by atoms with van der Waals surface area (Å²) in [7, 11) is -3.87. The minimum absolute atomic E-state index is 0.0217. The Labute approximate surface area is 174 Å². The van der Waals surface area contributed by atoms with Crippen molar-refractivity contribution in [3.05, 3.63) is 89.4 Å². The Morgan fingerprint density at radius 1 is 1.03 bits per heavy atom. The van der Waals surface area contributed by atoms with Crippen LogP contribution in [-0.4, -0.2) is 26.3 Å². The average molecular weight is 427 g/mol. The van der Waals surface area contributed by atoms with Crippen LogP contribution in [0.25, 0.3) is 0 Å². The van der Waals surface area contributed by atoms with Gasteiger partial charge >= 0.3 is 5.97 Å². The predicted molar refractivity (Wildman–Crippen MR) is 110 cm³/mol. The number of ether oxygens (including phenoxy) is 1. The van der Waals surface area contributed by atoms with Crippen molar-refractivity contribution in [2.75, 3.05) is 0 Å². The zero-order valence-electron chi connectivity index (χ0n) is 16.5. The van der Waals surface area contributed by atoms with Crippen molar-refractivity contribution in [3.63, 3.8) is 0 Å².